The van der Waals surface area contributed by atoms with Crippen molar-refractivity contribution in [3.05, 3.63) is 23.0 Å². The minimum Gasteiger partial charge on any atom is -0.362 e. The van der Waals surface area contributed by atoms with Crippen molar-refractivity contribution in [1.29, 1.82) is 0 Å². The smallest absolute Gasteiger partial charge is 0.234 e. The number of rotatable bonds is 3. The Morgan fingerprint density at radius 3 is 3.07 bits per heavy atom. The van der Waals surface area contributed by atoms with Crippen molar-refractivity contribution in [2.24, 2.45) is 4.99 Å². The van der Waals surface area contributed by atoms with Gasteiger partial charge in [-0.25, -0.2) is 9.79 Å². The van der Waals surface area contributed by atoms with E-state index in [0.29, 0.717) is 6.54 Å². The van der Waals surface area contributed by atoms with Crippen molar-refractivity contribution < 1.29 is 4.79 Å². The van der Waals surface area contributed by atoms with Gasteiger partial charge in [0.2, 0.25) is 6.08 Å². The topological polar surface area (TPSA) is 45.2 Å². The number of isocyanates is 1. The Labute approximate surface area is 83.2 Å². The van der Waals surface area contributed by atoms with Gasteiger partial charge in [-0.05, 0) is 37.3 Å². The molecule has 1 aromatic rings. The van der Waals surface area contributed by atoms with Gasteiger partial charge in [-0.2, -0.15) is 0 Å². The molecule has 0 atom stereocenters. The van der Waals surface area contributed by atoms with E-state index < -0.39 is 0 Å². The fraction of sp³-hybridized carbons (Fsp3) is 0.545. The van der Waals surface area contributed by atoms with Crippen LogP contribution in [0.4, 0.5) is 0 Å². The lowest BCUT2D eigenvalue weighted by Crippen LogP contribution is -1.99. The number of aliphatic imine (C=N–C) groups is 1. The van der Waals surface area contributed by atoms with E-state index in [2.05, 4.69) is 16.0 Å². The molecule has 0 aromatic carbocycles. The van der Waals surface area contributed by atoms with Gasteiger partial charge in [0.1, 0.15) is 0 Å². The molecular weight excluding hydrogens is 176 g/mol. The molecule has 0 fully saturated rings. The van der Waals surface area contributed by atoms with Crippen LogP contribution in [0.2, 0.25) is 0 Å². The van der Waals surface area contributed by atoms with Gasteiger partial charge in [0.15, 0.2) is 0 Å². The summed E-state index contributed by atoms with van der Waals surface area (Å²) in [5.41, 5.74) is 4.05. The molecular formula is C11H14N2O. The van der Waals surface area contributed by atoms with Gasteiger partial charge in [0.05, 0.1) is 6.54 Å². The number of nitrogens with zero attached hydrogens (tertiary/aromatic N) is 1. The summed E-state index contributed by atoms with van der Waals surface area (Å²) in [6, 6.07) is 2.22. The first-order valence-electron chi connectivity index (χ1n) is 5.13. The van der Waals surface area contributed by atoms with Gasteiger partial charge in [-0.15, -0.1) is 0 Å². The fourth-order valence-corrected chi connectivity index (χ4v) is 2.03. The number of aromatic amines is 1. The van der Waals surface area contributed by atoms with Crippen LogP contribution >= 0.6 is 0 Å². The Hall–Kier alpha value is -1.34. The van der Waals surface area contributed by atoms with E-state index in [-0.39, 0.29) is 0 Å². The third-order valence-corrected chi connectivity index (χ3v) is 2.73. The molecule has 0 spiro atoms. The van der Waals surface area contributed by atoms with E-state index in [0.717, 1.165) is 6.42 Å². The highest BCUT2D eigenvalue weighted by Crippen LogP contribution is 2.21. The van der Waals surface area contributed by atoms with Crippen molar-refractivity contribution in [1.82, 2.24) is 4.98 Å². The number of aromatic nitrogens is 1. The van der Waals surface area contributed by atoms with E-state index in [1.807, 2.05) is 0 Å². The Balaban J connectivity index is 2.04. The van der Waals surface area contributed by atoms with E-state index in [4.69, 9.17) is 0 Å². The summed E-state index contributed by atoms with van der Waals surface area (Å²) in [7, 11) is 0. The Morgan fingerprint density at radius 2 is 2.29 bits per heavy atom. The summed E-state index contributed by atoms with van der Waals surface area (Å²) in [5, 5.41) is 0. The monoisotopic (exact) mass is 190 g/mol. The van der Waals surface area contributed by atoms with Crippen LogP contribution in [0.3, 0.4) is 0 Å². The molecule has 0 radical (unpaired) electrons. The summed E-state index contributed by atoms with van der Waals surface area (Å²) in [4.78, 5) is 16.8. The molecule has 1 N–H and O–H groups in total. The van der Waals surface area contributed by atoms with E-state index in [9.17, 15) is 4.79 Å². The highest BCUT2D eigenvalue weighted by Gasteiger charge is 2.11. The summed E-state index contributed by atoms with van der Waals surface area (Å²) < 4.78 is 0. The van der Waals surface area contributed by atoms with Gasteiger partial charge in [-0.1, -0.05) is 0 Å². The zero-order chi connectivity index (χ0) is 9.80. The van der Waals surface area contributed by atoms with E-state index >= 15 is 0 Å². The molecule has 3 heteroatoms. The average molecular weight is 190 g/mol. The maximum absolute atomic E-state index is 9.89. The summed E-state index contributed by atoms with van der Waals surface area (Å²) in [6.45, 7) is 0.545. The summed E-state index contributed by atoms with van der Waals surface area (Å²) in [6.07, 6.45) is 7.35. The molecule has 3 nitrogen and oxygen atoms in total. The molecule has 74 valence electrons. The largest absolute Gasteiger partial charge is 0.362 e. The number of aryl methyl sites for hydroxylation is 2. The van der Waals surface area contributed by atoms with E-state index in [1.165, 1.54) is 42.6 Å². The first-order valence-corrected chi connectivity index (χ1v) is 5.13. The van der Waals surface area contributed by atoms with Gasteiger partial charge in [0, 0.05) is 17.8 Å². The molecule has 0 bridgehead atoms. The highest BCUT2D eigenvalue weighted by molar-refractivity contribution is 5.33. The average Bonchev–Trinajstić information content (AvgIpc) is 2.60. The molecule has 0 saturated heterocycles. The standard InChI is InChI=1S/C11H14N2O/c14-8-12-6-5-10-7-9-3-1-2-4-11(9)13-10/h7,13H,1-6H2. The predicted octanol–water partition coefficient (Wildman–Crippen LogP) is 1.77. The summed E-state index contributed by atoms with van der Waals surface area (Å²) in [5.74, 6) is 0. The van der Waals surface area contributed by atoms with Crippen LogP contribution in [0.15, 0.2) is 11.1 Å². The second-order valence-corrected chi connectivity index (χ2v) is 3.73. The van der Waals surface area contributed by atoms with Gasteiger partial charge >= 0.3 is 0 Å². The number of hydrogen-bond acceptors (Lipinski definition) is 2. The molecule has 0 unspecified atom stereocenters. The van der Waals surface area contributed by atoms with Gasteiger partial charge in [-0.3, -0.25) is 0 Å². The SMILES string of the molecule is O=C=NCCc1cc2c([nH]1)CCCC2. The van der Waals surface area contributed by atoms with E-state index in [1.54, 1.807) is 6.08 Å². The number of carbonyl (C=O) groups excluding carboxylic acids is 1. The quantitative estimate of drug-likeness (QED) is 0.573. The molecule has 0 saturated carbocycles. The van der Waals surface area contributed by atoms with Crippen LogP contribution in [0, 0.1) is 0 Å². The molecule has 0 aliphatic heterocycles. The number of hydrogen-bond donors (Lipinski definition) is 1. The van der Waals surface area contributed by atoms with Crippen molar-refractivity contribution in [3.63, 3.8) is 0 Å². The molecule has 1 aliphatic rings. The molecule has 14 heavy (non-hydrogen) atoms. The van der Waals surface area contributed by atoms with Crippen LogP contribution in [0.5, 0.6) is 0 Å². The normalized spacial score (nSPS) is 14.6. The lowest BCUT2D eigenvalue weighted by atomic mass is 9.98. The minimum atomic E-state index is 0.545. The highest BCUT2D eigenvalue weighted by atomic mass is 16.1. The first kappa shape index (κ1) is 9.22. The molecule has 1 aromatic heterocycles. The number of fused-ring (bicyclic) bond motifs is 1. The Kier molecular flexibility index (Phi) is 2.80. The van der Waals surface area contributed by atoms with Crippen LogP contribution in [-0.4, -0.2) is 17.6 Å². The second-order valence-electron chi connectivity index (χ2n) is 3.73. The van der Waals surface area contributed by atoms with Crippen LogP contribution in [-0.2, 0) is 24.1 Å². The van der Waals surface area contributed by atoms with Crippen LogP contribution in [0.25, 0.3) is 0 Å². The van der Waals surface area contributed by atoms with Gasteiger partial charge < -0.3 is 4.98 Å². The third-order valence-electron chi connectivity index (χ3n) is 2.73. The van der Waals surface area contributed by atoms with Crippen molar-refractivity contribution in [2.45, 2.75) is 32.1 Å². The van der Waals surface area contributed by atoms with Crippen molar-refractivity contribution in [2.75, 3.05) is 6.54 Å². The van der Waals surface area contributed by atoms with Crippen LogP contribution < -0.4 is 0 Å². The molecule has 1 aliphatic carbocycles. The maximum Gasteiger partial charge on any atom is 0.234 e. The molecule has 1 heterocycles. The zero-order valence-corrected chi connectivity index (χ0v) is 8.18. The van der Waals surface area contributed by atoms with Crippen LogP contribution in [0.1, 0.15) is 29.8 Å². The maximum atomic E-state index is 9.89. The predicted molar refractivity (Wildman–Crippen MR) is 54.1 cm³/mol. The molecule has 0 amide bonds. The number of H-pyrrole nitrogens is 1. The second kappa shape index (κ2) is 4.25. The van der Waals surface area contributed by atoms with Gasteiger partial charge in [0.25, 0.3) is 0 Å². The zero-order valence-electron chi connectivity index (χ0n) is 8.18. The summed E-state index contributed by atoms with van der Waals surface area (Å²) >= 11 is 0. The molecule has 2 rings (SSSR count). The fourth-order valence-electron chi connectivity index (χ4n) is 2.03. The van der Waals surface area contributed by atoms with Crippen molar-refractivity contribution in [3.8, 4) is 0 Å². The Morgan fingerprint density at radius 1 is 1.43 bits per heavy atom. The minimum absolute atomic E-state index is 0.545. The first-order chi connectivity index (χ1) is 6.90. The van der Waals surface area contributed by atoms with Crippen molar-refractivity contribution >= 4 is 6.08 Å². The number of nitrogens with one attached hydrogen (secondary N) is 1. The Bertz CT molecular complexity index is 338. The lowest BCUT2D eigenvalue weighted by Gasteiger charge is -2.09. The third kappa shape index (κ3) is 1.94. The lowest BCUT2D eigenvalue weighted by molar-refractivity contribution is 0.563.